The van der Waals surface area contributed by atoms with E-state index >= 15 is 0 Å². The second kappa shape index (κ2) is 9.32. The Hall–Kier alpha value is -2.88. The van der Waals surface area contributed by atoms with Crippen LogP contribution in [0.25, 0.3) is 20.3 Å². The van der Waals surface area contributed by atoms with Gasteiger partial charge in [0.2, 0.25) is 0 Å². The summed E-state index contributed by atoms with van der Waals surface area (Å²) in [6, 6.07) is 12.5. The summed E-state index contributed by atoms with van der Waals surface area (Å²) in [5, 5.41) is 12.5. The first-order chi connectivity index (χ1) is 15.4. The largest absolute Gasteiger partial charge is 0.302 e. The number of carbonyl (C=O) groups is 1. The zero-order chi connectivity index (χ0) is 22.8. The molecule has 1 amide bonds. The number of hydrogen-bond acceptors (Lipinski definition) is 7. The molecule has 2 aromatic carbocycles. The van der Waals surface area contributed by atoms with Gasteiger partial charge in [0, 0.05) is 35.3 Å². The second-order valence-electron chi connectivity index (χ2n) is 7.49. The molecule has 0 fully saturated rings. The molecule has 0 N–H and O–H groups in total. The summed E-state index contributed by atoms with van der Waals surface area (Å²) < 4.78 is 1.90. The number of hydrogen-bond donors (Lipinski definition) is 0. The lowest BCUT2D eigenvalue weighted by molar-refractivity contribution is -0.384. The third-order valence-electron chi connectivity index (χ3n) is 5.54. The van der Waals surface area contributed by atoms with Crippen LogP contribution in [0, 0.1) is 17.0 Å². The maximum absolute atomic E-state index is 13.6. The highest BCUT2D eigenvalue weighted by molar-refractivity contribution is 7.23. The fourth-order valence-electron chi connectivity index (χ4n) is 3.64. The monoisotopic (exact) mass is 468 g/mol. The van der Waals surface area contributed by atoms with Crippen molar-refractivity contribution in [1.82, 2.24) is 9.88 Å². The van der Waals surface area contributed by atoms with Gasteiger partial charge in [-0.2, -0.15) is 0 Å². The molecule has 0 saturated heterocycles. The molecule has 0 bridgehead atoms. The summed E-state index contributed by atoms with van der Waals surface area (Å²) in [6.45, 7) is 9.31. The molecular formula is C23H24N4O3S2. The fourth-order valence-corrected chi connectivity index (χ4v) is 5.70. The SMILES string of the molecule is CCN(CC)CCN(C(=O)c1cc2cc([N+](=O)[O-])ccc2s1)c1nc2c(C)cccc2s1. The lowest BCUT2D eigenvalue weighted by Crippen LogP contribution is -2.38. The number of thiazole rings is 1. The molecule has 7 nitrogen and oxygen atoms in total. The van der Waals surface area contributed by atoms with Crippen molar-refractivity contribution in [3.05, 3.63) is 63.0 Å². The van der Waals surface area contributed by atoms with Crippen molar-refractivity contribution in [3.63, 3.8) is 0 Å². The van der Waals surface area contributed by atoms with Crippen LogP contribution in [0.4, 0.5) is 10.8 Å². The number of carbonyl (C=O) groups excluding carboxylic acids is 1. The minimum atomic E-state index is -0.418. The molecule has 0 atom stereocenters. The topological polar surface area (TPSA) is 79.6 Å². The normalized spacial score (nSPS) is 11.5. The maximum Gasteiger partial charge on any atom is 0.270 e. The highest BCUT2D eigenvalue weighted by Gasteiger charge is 2.24. The van der Waals surface area contributed by atoms with Crippen molar-refractivity contribution in [2.24, 2.45) is 0 Å². The van der Waals surface area contributed by atoms with Crippen LogP contribution >= 0.6 is 22.7 Å². The number of benzene rings is 2. The first-order valence-corrected chi connectivity index (χ1v) is 12.1. The molecule has 0 spiro atoms. The Morgan fingerprint density at radius 2 is 1.84 bits per heavy atom. The summed E-state index contributed by atoms with van der Waals surface area (Å²) in [4.78, 5) is 33.7. The highest BCUT2D eigenvalue weighted by atomic mass is 32.1. The second-order valence-corrected chi connectivity index (χ2v) is 9.58. The van der Waals surface area contributed by atoms with Crippen LogP contribution in [0.1, 0.15) is 29.1 Å². The molecule has 0 unspecified atom stereocenters. The predicted molar refractivity (Wildman–Crippen MR) is 132 cm³/mol. The lowest BCUT2D eigenvalue weighted by Gasteiger charge is -2.24. The van der Waals surface area contributed by atoms with Crippen LogP contribution in [0.15, 0.2) is 42.5 Å². The van der Waals surface area contributed by atoms with Gasteiger partial charge < -0.3 is 4.90 Å². The summed E-state index contributed by atoms with van der Waals surface area (Å²) in [6.07, 6.45) is 0. The van der Waals surface area contributed by atoms with E-state index in [0.29, 0.717) is 21.9 Å². The molecule has 0 aliphatic heterocycles. The Balaban J connectivity index is 1.72. The number of likely N-dealkylation sites (N-methyl/N-ethyl adjacent to an activating group) is 1. The molecule has 0 radical (unpaired) electrons. The zero-order valence-corrected chi connectivity index (χ0v) is 19.8. The highest BCUT2D eigenvalue weighted by Crippen LogP contribution is 2.34. The Bertz CT molecular complexity index is 1290. The molecule has 0 aliphatic rings. The fraction of sp³-hybridized carbons (Fsp3) is 0.304. The number of non-ortho nitro benzene ring substituents is 1. The standard InChI is InChI=1S/C23H24N4O3S2/c1-4-25(5-2)11-12-26(23-24-21-15(3)7-6-8-19(21)32-23)22(28)20-14-16-13-17(27(29)30)9-10-18(16)31-20/h6-10,13-14H,4-5,11-12H2,1-3H3. The molecule has 4 aromatic rings. The van der Waals surface area contributed by atoms with E-state index in [0.717, 1.165) is 40.1 Å². The molecule has 9 heteroatoms. The number of thiophene rings is 1. The number of nitrogens with zero attached hydrogens (tertiary/aromatic N) is 4. The first kappa shape index (κ1) is 22.3. The first-order valence-electron chi connectivity index (χ1n) is 10.5. The Kier molecular flexibility index (Phi) is 6.50. The number of fused-ring (bicyclic) bond motifs is 2. The number of amides is 1. The average Bonchev–Trinajstić information content (AvgIpc) is 3.41. The molecule has 0 saturated carbocycles. The van der Waals surface area contributed by atoms with Gasteiger partial charge in [0.15, 0.2) is 5.13 Å². The van der Waals surface area contributed by atoms with Gasteiger partial charge in [0.1, 0.15) is 0 Å². The van der Waals surface area contributed by atoms with Gasteiger partial charge in [-0.05, 0) is 43.8 Å². The van der Waals surface area contributed by atoms with E-state index in [-0.39, 0.29) is 11.6 Å². The molecule has 0 aliphatic carbocycles. The van der Waals surface area contributed by atoms with Gasteiger partial charge in [-0.15, -0.1) is 11.3 Å². The van der Waals surface area contributed by atoms with Crippen LogP contribution < -0.4 is 4.90 Å². The van der Waals surface area contributed by atoms with E-state index in [4.69, 9.17) is 4.98 Å². The Morgan fingerprint density at radius 3 is 2.53 bits per heavy atom. The van der Waals surface area contributed by atoms with Crippen molar-refractivity contribution in [3.8, 4) is 0 Å². The van der Waals surface area contributed by atoms with Crippen molar-refractivity contribution in [1.29, 1.82) is 0 Å². The third kappa shape index (κ3) is 4.36. The van der Waals surface area contributed by atoms with E-state index in [1.807, 2.05) is 25.1 Å². The van der Waals surface area contributed by atoms with E-state index < -0.39 is 4.92 Å². The number of aryl methyl sites for hydroxylation is 1. The van der Waals surface area contributed by atoms with Gasteiger partial charge in [-0.1, -0.05) is 37.3 Å². The summed E-state index contributed by atoms with van der Waals surface area (Å²) in [5.74, 6) is -0.127. The Labute approximate surface area is 194 Å². The van der Waals surface area contributed by atoms with Crippen LogP contribution in [-0.4, -0.2) is 46.9 Å². The average molecular weight is 469 g/mol. The zero-order valence-electron chi connectivity index (χ0n) is 18.2. The molecule has 32 heavy (non-hydrogen) atoms. The summed E-state index contributed by atoms with van der Waals surface area (Å²) >= 11 is 2.87. The van der Waals surface area contributed by atoms with Crippen LogP contribution in [0.2, 0.25) is 0 Å². The van der Waals surface area contributed by atoms with Gasteiger partial charge in [0.25, 0.3) is 11.6 Å². The van der Waals surface area contributed by atoms with E-state index in [9.17, 15) is 14.9 Å². The number of rotatable bonds is 8. The van der Waals surface area contributed by atoms with Gasteiger partial charge in [-0.25, -0.2) is 4.98 Å². The third-order valence-corrected chi connectivity index (χ3v) is 7.69. The molecular weight excluding hydrogens is 444 g/mol. The quantitative estimate of drug-likeness (QED) is 0.244. The number of nitro groups is 1. The molecule has 4 rings (SSSR count). The maximum atomic E-state index is 13.6. The minimum absolute atomic E-state index is 0.0225. The number of anilines is 1. The van der Waals surface area contributed by atoms with Crippen molar-refractivity contribution in [2.75, 3.05) is 31.1 Å². The summed E-state index contributed by atoms with van der Waals surface area (Å²) in [7, 11) is 0. The summed E-state index contributed by atoms with van der Waals surface area (Å²) in [5.41, 5.74) is 2.02. The van der Waals surface area contributed by atoms with E-state index in [1.54, 1.807) is 17.0 Å². The molecule has 2 aromatic heterocycles. The van der Waals surface area contributed by atoms with Crippen LogP contribution in [0.3, 0.4) is 0 Å². The number of para-hydroxylation sites is 1. The molecule has 166 valence electrons. The van der Waals surface area contributed by atoms with Crippen molar-refractivity contribution >= 4 is 59.7 Å². The smallest absolute Gasteiger partial charge is 0.270 e. The van der Waals surface area contributed by atoms with Crippen LogP contribution in [0.5, 0.6) is 0 Å². The molecule has 2 heterocycles. The van der Waals surface area contributed by atoms with Crippen molar-refractivity contribution in [2.45, 2.75) is 20.8 Å². The van der Waals surface area contributed by atoms with E-state index in [2.05, 4.69) is 18.7 Å². The number of nitro benzene ring substituents is 1. The van der Waals surface area contributed by atoms with Gasteiger partial charge in [-0.3, -0.25) is 19.8 Å². The predicted octanol–water partition coefficient (Wildman–Crippen LogP) is 5.72. The van der Waals surface area contributed by atoms with E-state index in [1.165, 1.54) is 34.8 Å². The van der Waals surface area contributed by atoms with Crippen LogP contribution in [-0.2, 0) is 0 Å². The van der Waals surface area contributed by atoms with Gasteiger partial charge in [0.05, 0.1) is 20.0 Å². The lowest BCUT2D eigenvalue weighted by atomic mass is 10.2. The van der Waals surface area contributed by atoms with Gasteiger partial charge >= 0.3 is 0 Å². The Morgan fingerprint density at radius 1 is 1.06 bits per heavy atom. The minimum Gasteiger partial charge on any atom is -0.302 e. The van der Waals surface area contributed by atoms with Crippen molar-refractivity contribution < 1.29 is 9.72 Å². The number of aromatic nitrogens is 1.